The molecule has 2 heterocycles. The molecule has 9 aromatic carbocycles. The van der Waals surface area contributed by atoms with E-state index >= 15 is 0 Å². The fraction of sp³-hybridized carbons (Fsp3) is 0.100. The maximum atomic E-state index is 7.07. The fourth-order valence-electron chi connectivity index (χ4n) is 11.4. The summed E-state index contributed by atoms with van der Waals surface area (Å²) in [5.74, 6) is 0. The van der Waals surface area contributed by atoms with Crippen LogP contribution in [0.4, 0.5) is 17.1 Å². The van der Waals surface area contributed by atoms with Crippen LogP contribution in [0.25, 0.3) is 82.8 Å². The number of hydrogen-bond donors (Lipinski definition) is 0. The van der Waals surface area contributed by atoms with Crippen molar-refractivity contribution in [3.05, 3.63) is 216 Å². The van der Waals surface area contributed by atoms with E-state index in [4.69, 9.17) is 4.42 Å². The summed E-state index contributed by atoms with van der Waals surface area (Å²) in [7, 11) is 0. The number of hydrogen-bond acceptors (Lipinski definition) is 2. The molecule has 2 aliphatic carbocycles. The van der Waals surface area contributed by atoms with E-state index in [0.29, 0.717) is 0 Å². The minimum Gasteiger partial charge on any atom is -0.455 e. The van der Waals surface area contributed by atoms with E-state index in [-0.39, 0.29) is 10.8 Å². The van der Waals surface area contributed by atoms with Crippen molar-refractivity contribution in [2.75, 3.05) is 4.90 Å². The summed E-state index contributed by atoms with van der Waals surface area (Å²) in [6, 6.07) is 71.4. The molecule has 3 nitrogen and oxygen atoms in total. The van der Waals surface area contributed by atoms with Gasteiger partial charge in [-0.05, 0) is 111 Å². The molecule has 11 aromatic rings. The molecule has 63 heavy (non-hydrogen) atoms. The number of aromatic nitrogens is 1. The Labute approximate surface area is 367 Å². The van der Waals surface area contributed by atoms with Crippen molar-refractivity contribution >= 4 is 60.8 Å². The number of anilines is 3. The van der Waals surface area contributed by atoms with Gasteiger partial charge < -0.3 is 13.9 Å². The van der Waals surface area contributed by atoms with Crippen LogP contribution >= 0.6 is 0 Å². The summed E-state index contributed by atoms with van der Waals surface area (Å²) < 4.78 is 9.45. The molecule has 0 radical (unpaired) electrons. The first-order valence-corrected chi connectivity index (χ1v) is 22.1. The molecule has 0 spiro atoms. The Morgan fingerprint density at radius 1 is 0.429 bits per heavy atom. The van der Waals surface area contributed by atoms with Crippen LogP contribution in [0, 0.1) is 0 Å². The van der Waals surface area contributed by atoms with E-state index < -0.39 is 0 Å². The molecule has 0 fully saturated rings. The third-order valence-electron chi connectivity index (χ3n) is 14.4. The second-order valence-electron chi connectivity index (χ2n) is 18.5. The van der Waals surface area contributed by atoms with Gasteiger partial charge in [-0.2, -0.15) is 0 Å². The van der Waals surface area contributed by atoms with Gasteiger partial charge in [-0.15, -0.1) is 0 Å². The third-order valence-corrected chi connectivity index (χ3v) is 14.4. The van der Waals surface area contributed by atoms with Gasteiger partial charge in [0.25, 0.3) is 0 Å². The van der Waals surface area contributed by atoms with E-state index in [1.807, 2.05) is 0 Å². The van der Waals surface area contributed by atoms with E-state index in [1.165, 1.54) is 66.3 Å². The topological polar surface area (TPSA) is 21.3 Å². The predicted octanol–water partition coefficient (Wildman–Crippen LogP) is 16.4. The molecule has 0 amide bonds. The molecule has 2 aliphatic rings. The second-order valence-corrected chi connectivity index (χ2v) is 18.5. The highest BCUT2D eigenvalue weighted by Crippen LogP contribution is 2.57. The van der Waals surface area contributed by atoms with E-state index in [1.54, 1.807) is 0 Å². The SMILES string of the molecule is CC1(C)c2ccccc2-c2ccc(N(c3cccc4c3-c3ccccc3C4(C)C)c3ccc(-c4ccc5c(c4)c4ccccc4n5-c4ccccc4)c4oc5ccccc5c34)cc21. The minimum absolute atomic E-state index is 0.154. The van der Waals surface area contributed by atoms with Crippen molar-refractivity contribution in [2.24, 2.45) is 0 Å². The number of benzene rings is 9. The van der Waals surface area contributed by atoms with Crippen LogP contribution in [0.3, 0.4) is 0 Å². The van der Waals surface area contributed by atoms with Gasteiger partial charge in [0.15, 0.2) is 0 Å². The summed E-state index contributed by atoms with van der Waals surface area (Å²) >= 11 is 0. The molecular formula is C60H44N2O. The van der Waals surface area contributed by atoms with Gasteiger partial charge >= 0.3 is 0 Å². The lowest BCUT2D eigenvalue weighted by molar-refractivity contribution is 0.660. The standard InChI is InChI=1S/C60H44N2O/c1-59(2)48-24-13-9-21-44(48)56-49(59)25-16-27-53(56)62(39-30-31-42-41-19-8-12-23-47(41)60(3,4)50(42)36-39)54-34-32-40(58-57(54)45-22-11-15-28-55(45)63-58)37-29-33-52-46(35-37)43-20-10-14-26-51(43)61(52)38-17-6-5-7-18-38/h5-36H,1-4H3. The number of nitrogens with zero attached hydrogens (tertiary/aromatic N) is 2. The van der Waals surface area contributed by atoms with Gasteiger partial charge in [-0.25, -0.2) is 0 Å². The molecule has 3 heteroatoms. The predicted molar refractivity (Wildman–Crippen MR) is 263 cm³/mol. The van der Waals surface area contributed by atoms with Gasteiger partial charge in [0.2, 0.25) is 0 Å². The quantitative estimate of drug-likeness (QED) is 0.173. The number of furan rings is 1. The smallest absolute Gasteiger partial charge is 0.145 e. The van der Waals surface area contributed by atoms with Gasteiger partial charge in [-0.1, -0.05) is 155 Å². The van der Waals surface area contributed by atoms with E-state index in [0.717, 1.165) is 55.8 Å². The molecule has 0 N–H and O–H groups in total. The van der Waals surface area contributed by atoms with E-state index in [9.17, 15) is 0 Å². The molecule has 0 unspecified atom stereocenters. The zero-order chi connectivity index (χ0) is 42.2. The van der Waals surface area contributed by atoms with Crippen LogP contribution < -0.4 is 4.90 Å². The van der Waals surface area contributed by atoms with E-state index in [2.05, 4.69) is 231 Å². The van der Waals surface area contributed by atoms with Crippen LogP contribution in [0.15, 0.2) is 199 Å². The van der Waals surface area contributed by atoms with Gasteiger partial charge in [0.1, 0.15) is 11.2 Å². The number of rotatable bonds is 5. The normalized spacial score (nSPS) is 14.3. The molecular weight excluding hydrogens is 765 g/mol. The molecule has 0 saturated carbocycles. The molecule has 300 valence electrons. The Balaban J connectivity index is 1.09. The summed E-state index contributed by atoms with van der Waals surface area (Å²) in [6.45, 7) is 9.47. The summed E-state index contributed by atoms with van der Waals surface area (Å²) in [4.78, 5) is 2.53. The first kappa shape index (κ1) is 36.1. The maximum Gasteiger partial charge on any atom is 0.145 e. The Morgan fingerprint density at radius 2 is 1.06 bits per heavy atom. The largest absolute Gasteiger partial charge is 0.455 e. The summed E-state index contributed by atoms with van der Waals surface area (Å²) in [5, 5.41) is 4.63. The van der Waals surface area contributed by atoms with Crippen molar-refractivity contribution < 1.29 is 4.42 Å². The van der Waals surface area contributed by atoms with Gasteiger partial charge in [0, 0.05) is 49.5 Å². The summed E-state index contributed by atoms with van der Waals surface area (Å²) in [6.07, 6.45) is 0. The lowest BCUT2D eigenvalue weighted by atomic mass is 9.82. The Bertz CT molecular complexity index is 3690. The summed E-state index contributed by atoms with van der Waals surface area (Å²) in [5.41, 5.74) is 21.1. The Morgan fingerprint density at radius 3 is 1.90 bits per heavy atom. The fourth-order valence-corrected chi connectivity index (χ4v) is 11.4. The average molecular weight is 809 g/mol. The van der Waals surface area contributed by atoms with Crippen LogP contribution in [0.1, 0.15) is 49.9 Å². The van der Waals surface area contributed by atoms with Crippen LogP contribution in [0.5, 0.6) is 0 Å². The van der Waals surface area contributed by atoms with Crippen LogP contribution in [-0.4, -0.2) is 4.57 Å². The van der Waals surface area contributed by atoms with Crippen LogP contribution in [0.2, 0.25) is 0 Å². The number of fused-ring (bicyclic) bond motifs is 12. The Kier molecular flexibility index (Phi) is 7.42. The second kappa shape index (κ2) is 13.0. The van der Waals surface area contributed by atoms with Crippen molar-refractivity contribution in [3.8, 4) is 39.1 Å². The molecule has 13 rings (SSSR count). The number of para-hydroxylation sites is 3. The molecule has 0 atom stereocenters. The third kappa shape index (κ3) is 4.96. The average Bonchev–Trinajstić information content (AvgIpc) is 4.01. The monoisotopic (exact) mass is 808 g/mol. The first-order valence-electron chi connectivity index (χ1n) is 22.1. The van der Waals surface area contributed by atoms with Crippen LogP contribution in [-0.2, 0) is 10.8 Å². The van der Waals surface area contributed by atoms with Gasteiger partial charge in [0.05, 0.1) is 27.8 Å². The lowest BCUT2D eigenvalue weighted by Crippen LogP contribution is -2.17. The van der Waals surface area contributed by atoms with Crippen molar-refractivity contribution in [1.82, 2.24) is 4.57 Å². The molecule has 2 aromatic heterocycles. The highest BCUT2D eigenvalue weighted by atomic mass is 16.3. The Hall–Kier alpha value is -7.62. The molecule has 0 aliphatic heterocycles. The zero-order valence-corrected chi connectivity index (χ0v) is 35.8. The minimum atomic E-state index is -0.162. The first-order chi connectivity index (χ1) is 30.8. The molecule has 0 bridgehead atoms. The van der Waals surface area contributed by atoms with Gasteiger partial charge in [-0.3, -0.25) is 0 Å². The maximum absolute atomic E-state index is 7.07. The van der Waals surface area contributed by atoms with Crippen molar-refractivity contribution in [2.45, 2.75) is 38.5 Å². The zero-order valence-electron chi connectivity index (χ0n) is 35.8. The highest BCUT2D eigenvalue weighted by molar-refractivity contribution is 6.19. The lowest BCUT2D eigenvalue weighted by Gasteiger charge is -2.31. The van der Waals surface area contributed by atoms with Crippen molar-refractivity contribution in [1.29, 1.82) is 0 Å². The molecule has 0 saturated heterocycles. The van der Waals surface area contributed by atoms with Crippen molar-refractivity contribution in [3.63, 3.8) is 0 Å². The highest BCUT2D eigenvalue weighted by Gasteiger charge is 2.39.